The number of fused-ring (bicyclic) bond motifs is 2. The average molecular weight is 902 g/mol. The fourth-order valence-corrected chi connectivity index (χ4v) is 9.76. The third kappa shape index (κ3) is 9.26. The Morgan fingerprint density at radius 2 is 1.59 bits per heavy atom. The van der Waals surface area contributed by atoms with E-state index in [1.807, 2.05) is 30.3 Å². The van der Waals surface area contributed by atoms with Crippen molar-refractivity contribution in [2.45, 2.75) is 56.0 Å². The van der Waals surface area contributed by atoms with Crippen LogP contribution in [-0.4, -0.2) is 47.7 Å². The Morgan fingerprint density at radius 1 is 0.905 bits per heavy atom. The summed E-state index contributed by atoms with van der Waals surface area (Å²) < 4.78 is 42.2. The zero-order valence-electron chi connectivity index (χ0n) is 33.5. The van der Waals surface area contributed by atoms with Crippen LogP contribution in [-0.2, 0) is 50.4 Å². The van der Waals surface area contributed by atoms with Crippen molar-refractivity contribution in [3.8, 4) is 28.7 Å². The molecule has 0 saturated carbocycles. The molecule has 0 saturated heterocycles. The largest absolute Gasteiger partial charge is 0.489 e. The van der Waals surface area contributed by atoms with Crippen LogP contribution in [0.3, 0.4) is 0 Å². The molecule has 3 unspecified atom stereocenters. The molecular formula is C48H38Cl2N4O8S. The van der Waals surface area contributed by atoms with Crippen molar-refractivity contribution in [2.24, 2.45) is 0 Å². The molecule has 6 aromatic rings. The Kier molecular flexibility index (Phi) is 12.3. The molecule has 3 N–H and O–H groups in total. The Hall–Kier alpha value is -6.69. The summed E-state index contributed by atoms with van der Waals surface area (Å²) in [6.45, 7) is 1.67. The summed E-state index contributed by atoms with van der Waals surface area (Å²) in [5, 5.41) is 25.8. The van der Waals surface area contributed by atoms with Crippen LogP contribution in [0.2, 0.25) is 10.0 Å². The molecule has 2 aliphatic heterocycles. The van der Waals surface area contributed by atoms with Crippen molar-refractivity contribution in [2.75, 3.05) is 5.32 Å². The van der Waals surface area contributed by atoms with Gasteiger partial charge in [-0.1, -0.05) is 96.0 Å². The highest BCUT2D eigenvalue weighted by Crippen LogP contribution is 2.41. The van der Waals surface area contributed by atoms with Crippen LogP contribution in [0.25, 0.3) is 11.1 Å². The molecule has 0 radical (unpaired) electrons. The summed E-state index contributed by atoms with van der Waals surface area (Å²) in [5.74, 6) is -1.66. The second-order valence-electron chi connectivity index (χ2n) is 15.2. The number of ether oxygens (including phenoxy) is 2. The fourth-order valence-electron chi connectivity index (χ4n) is 7.64. The van der Waals surface area contributed by atoms with E-state index in [4.69, 9.17) is 37.9 Å². The molecule has 12 nitrogen and oxygen atoms in total. The molecule has 0 spiro atoms. The Labute approximate surface area is 373 Å². The number of carboxylic acid groups (broad SMARTS) is 1. The maximum absolute atomic E-state index is 14.5. The molecule has 2 amide bonds. The number of hydrogen-bond acceptors (Lipinski definition) is 8. The minimum Gasteiger partial charge on any atom is -0.489 e. The number of anilines is 1. The number of rotatable bonds is 12. The minimum absolute atomic E-state index is 0.00863. The van der Waals surface area contributed by atoms with Crippen LogP contribution in [0.4, 0.5) is 5.69 Å². The van der Waals surface area contributed by atoms with Gasteiger partial charge in [0.2, 0.25) is 22.0 Å². The van der Waals surface area contributed by atoms with Gasteiger partial charge in [-0.05, 0) is 107 Å². The number of halogens is 2. The van der Waals surface area contributed by atoms with E-state index in [1.54, 1.807) is 97.9 Å². The number of benzene rings is 6. The summed E-state index contributed by atoms with van der Waals surface area (Å²) in [7, 11) is -4.32. The number of carbonyl (C=O) groups is 3. The van der Waals surface area contributed by atoms with E-state index in [0.29, 0.717) is 60.6 Å². The highest BCUT2D eigenvalue weighted by Gasteiger charge is 2.42. The van der Waals surface area contributed by atoms with Crippen molar-refractivity contribution in [3.63, 3.8) is 0 Å². The van der Waals surface area contributed by atoms with Gasteiger partial charge in [-0.3, -0.25) is 9.59 Å². The SMILES string of the molecule is Cc1ccccc1S(=O)(=O)N1Cc2cc3c(cc2CC1C(=O)NC(Cc1ccc(-c2ccc(C#N)cc2)cc1)C(=O)O)NC(=O)C(c1ccc(OCc2ccc(Cl)c(Cl)c2)cc1)O3. The normalized spacial score (nSPS) is 16.3. The van der Waals surface area contributed by atoms with Crippen LogP contribution in [0.5, 0.6) is 11.5 Å². The van der Waals surface area contributed by atoms with Crippen molar-refractivity contribution in [1.29, 1.82) is 5.26 Å². The molecule has 6 aromatic carbocycles. The molecule has 3 atom stereocenters. The molecular weight excluding hydrogens is 864 g/mol. The van der Waals surface area contributed by atoms with Crippen LogP contribution in [0.15, 0.2) is 132 Å². The predicted molar refractivity (Wildman–Crippen MR) is 237 cm³/mol. The number of carbonyl (C=O) groups excluding carboxylic acids is 2. The first-order valence-electron chi connectivity index (χ1n) is 19.8. The van der Waals surface area contributed by atoms with Gasteiger partial charge in [0.15, 0.2) is 0 Å². The zero-order chi connectivity index (χ0) is 44.4. The van der Waals surface area contributed by atoms with E-state index in [0.717, 1.165) is 21.0 Å². The second kappa shape index (κ2) is 18.0. The van der Waals surface area contributed by atoms with Crippen molar-refractivity contribution in [3.05, 3.63) is 176 Å². The molecule has 15 heteroatoms. The summed E-state index contributed by atoms with van der Waals surface area (Å²) in [4.78, 5) is 40.4. The number of amides is 2. The highest BCUT2D eigenvalue weighted by molar-refractivity contribution is 7.89. The molecule has 0 bridgehead atoms. The Balaban J connectivity index is 1.02. The number of nitriles is 1. The van der Waals surface area contributed by atoms with Gasteiger partial charge in [0.1, 0.15) is 30.2 Å². The van der Waals surface area contributed by atoms with Gasteiger partial charge in [-0.2, -0.15) is 9.57 Å². The standard InChI is InChI=1S/C48H38Cl2N4O8S/c1-28-4-2-3-5-44(28)63(59,60)54-26-36-24-43-40(52-47(56)45(62-43)34-15-17-37(18-16-34)61-27-31-10-19-38(49)39(50)20-31)22-35(36)23-42(54)46(55)53-41(48(57)58)21-29-6-11-32(12-7-29)33-13-8-30(25-51)9-14-33/h2-20,22,24,41-42,45H,21,23,26-27H2,1H3,(H,52,56)(H,53,55)(H,57,58). The van der Waals surface area contributed by atoms with Gasteiger partial charge >= 0.3 is 5.97 Å². The maximum Gasteiger partial charge on any atom is 0.326 e. The predicted octanol–water partition coefficient (Wildman–Crippen LogP) is 8.42. The monoisotopic (exact) mass is 900 g/mol. The first-order chi connectivity index (χ1) is 30.3. The number of hydrogen-bond donors (Lipinski definition) is 3. The molecule has 2 heterocycles. The lowest BCUT2D eigenvalue weighted by Gasteiger charge is -2.37. The summed E-state index contributed by atoms with van der Waals surface area (Å²) in [6.07, 6.45) is -1.22. The van der Waals surface area contributed by atoms with E-state index < -0.39 is 46.0 Å². The molecule has 0 fully saturated rings. The molecule has 318 valence electrons. The number of carboxylic acids is 1. The first kappa shape index (κ1) is 43.0. The van der Waals surface area contributed by atoms with Gasteiger partial charge in [-0.15, -0.1) is 0 Å². The molecule has 2 aliphatic rings. The number of nitrogens with one attached hydrogen (secondary N) is 2. The van der Waals surface area contributed by atoms with Crippen LogP contribution in [0.1, 0.15) is 45.0 Å². The molecule has 0 aromatic heterocycles. The second-order valence-corrected chi connectivity index (χ2v) is 17.9. The summed E-state index contributed by atoms with van der Waals surface area (Å²) in [5.41, 5.74) is 6.21. The van der Waals surface area contributed by atoms with Crippen LogP contribution in [0, 0.1) is 18.3 Å². The summed E-state index contributed by atoms with van der Waals surface area (Å²) in [6, 6.07) is 35.5. The lowest BCUT2D eigenvalue weighted by Crippen LogP contribution is -2.55. The smallest absolute Gasteiger partial charge is 0.326 e. The van der Waals surface area contributed by atoms with Gasteiger partial charge in [0.25, 0.3) is 5.91 Å². The van der Waals surface area contributed by atoms with E-state index in [9.17, 15) is 27.9 Å². The third-order valence-electron chi connectivity index (χ3n) is 11.0. The molecule has 0 aliphatic carbocycles. The number of aliphatic carboxylic acids is 1. The van der Waals surface area contributed by atoms with Crippen molar-refractivity contribution >= 4 is 56.7 Å². The minimum atomic E-state index is -4.32. The van der Waals surface area contributed by atoms with E-state index >= 15 is 0 Å². The van der Waals surface area contributed by atoms with Gasteiger partial charge in [0.05, 0.1) is 32.3 Å². The number of aryl methyl sites for hydroxylation is 1. The quantitative estimate of drug-likeness (QED) is 0.109. The fraction of sp³-hybridized carbons (Fsp3) is 0.167. The van der Waals surface area contributed by atoms with Crippen molar-refractivity contribution < 1.29 is 37.4 Å². The lowest BCUT2D eigenvalue weighted by molar-refractivity contribution is -0.142. The number of nitrogens with zero attached hydrogens (tertiary/aromatic N) is 2. The average Bonchev–Trinajstić information content (AvgIpc) is 3.28. The molecule has 8 rings (SSSR count). The first-order valence-corrected chi connectivity index (χ1v) is 22.0. The number of sulfonamides is 1. The Bertz CT molecular complexity index is 2900. The topological polar surface area (TPSA) is 175 Å². The maximum atomic E-state index is 14.5. The van der Waals surface area contributed by atoms with Crippen LogP contribution >= 0.6 is 23.2 Å². The van der Waals surface area contributed by atoms with Gasteiger partial charge < -0.3 is 25.2 Å². The van der Waals surface area contributed by atoms with Gasteiger partial charge in [-0.25, -0.2) is 13.2 Å². The van der Waals surface area contributed by atoms with Gasteiger partial charge in [0, 0.05) is 18.5 Å². The lowest BCUT2D eigenvalue weighted by atomic mass is 9.93. The van der Waals surface area contributed by atoms with Crippen LogP contribution < -0.4 is 20.1 Å². The van der Waals surface area contributed by atoms with Crippen molar-refractivity contribution in [1.82, 2.24) is 9.62 Å². The summed E-state index contributed by atoms with van der Waals surface area (Å²) >= 11 is 12.2. The van der Waals surface area contributed by atoms with E-state index in [1.165, 1.54) is 6.07 Å². The van der Waals surface area contributed by atoms with E-state index in [-0.39, 0.29) is 30.9 Å². The Morgan fingerprint density at radius 3 is 2.25 bits per heavy atom. The zero-order valence-corrected chi connectivity index (χ0v) is 35.9. The van der Waals surface area contributed by atoms with E-state index in [2.05, 4.69) is 16.7 Å². The third-order valence-corrected chi connectivity index (χ3v) is 13.8. The highest BCUT2D eigenvalue weighted by atomic mass is 35.5. The molecule has 63 heavy (non-hydrogen) atoms.